The first-order valence-corrected chi connectivity index (χ1v) is 8.87. The molecular weight excluding hydrogens is 358 g/mol. The molecule has 3 aromatic rings. The topological polar surface area (TPSA) is 90.3 Å². The van der Waals surface area contributed by atoms with Gasteiger partial charge in [-0.25, -0.2) is 19.9 Å². The van der Waals surface area contributed by atoms with Crippen molar-refractivity contribution in [3.05, 3.63) is 54.0 Å². The minimum Gasteiger partial charge on any atom is -0.493 e. The third kappa shape index (κ3) is 2.83. The van der Waals surface area contributed by atoms with Crippen LogP contribution in [-0.4, -0.2) is 40.1 Å². The number of ether oxygens (including phenoxy) is 2. The van der Waals surface area contributed by atoms with Crippen LogP contribution in [0.5, 0.6) is 11.5 Å². The molecule has 0 bridgehead atoms. The largest absolute Gasteiger partial charge is 0.493 e. The Hall–Kier alpha value is -3.55. The summed E-state index contributed by atoms with van der Waals surface area (Å²) in [6, 6.07) is 6.86. The highest BCUT2D eigenvalue weighted by atomic mass is 16.5. The van der Waals surface area contributed by atoms with Crippen molar-refractivity contribution < 1.29 is 14.3 Å². The van der Waals surface area contributed by atoms with Gasteiger partial charge in [0.25, 0.3) is 5.91 Å². The van der Waals surface area contributed by atoms with Crippen LogP contribution in [0.3, 0.4) is 0 Å². The minimum absolute atomic E-state index is 0.138. The van der Waals surface area contributed by atoms with Gasteiger partial charge in [0.15, 0.2) is 23.1 Å². The molecule has 1 atom stereocenters. The predicted molar refractivity (Wildman–Crippen MR) is 102 cm³/mol. The molecular formula is C20H19N5O3. The molecule has 28 heavy (non-hydrogen) atoms. The summed E-state index contributed by atoms with van der Waals surface area (Å²) >= 11 is 0. The summed E-state index contributed by atoms with van der Waals surface area (Å²) in [6.45, 7) is 2.03. The highest BCUT2D eigenvalue weighted by molar-refractivity contribution is 6.11. The van der Waals surface area contributed by atoms with Crippen molar-refractivity contribution in [3.8, 4) is 23.1 Å². The van der Waals surface area contributed by atoms with Gasteiger partial charge in [0.2, 0.25) is 0 Å². The smallest absolute Gasteiger partial charge is 0.260 e. The number of nitrogens with zero attached hydrogens (tertiary/aromatic N) is 5. The molecule has 8 heteroatoms. The first-order chi connectivity index (χ1) is 13.7. The zero-order valence-electron chi connectivity index (χ0n) is 15.8. The van der Waals surface area contributed by atoms with E-state index in [1.54, 1.807) is 55.9 Å². The molecule has 1 aliphatic rings. The van der Waals surface area contributed by atoms with Gasteiger partial charge in [-0.05, 0) is 36.2 Å². The summed E-state index contributed by atoms with van der Waals surface area (Å²) in [5.41, 5.74) is 1.47. The summed E-state index contributed by atoms with van der Waals surface area (Å²) in [7, 11) is 3.13. The van der Waals surface area contributed by atoms with Gasteiger partial charge in [-0.15, -0.1) is 0 Å². The maximum atomic E-state index is 13.2. The van der Waals surface area contributed by atoms with Crippen molar-refractivity contribution in [2.24, 2.45) is 0 Å². The molecule has 1 amide bonds. The van der Waals surface area contributed by atoms with Crippen LogP contribution in [0.1, 0.15) is 35.3 Å². The zero-order valence-corrected chi connectivity index (χ0v) is 15.8. The molecule has 0 spiro atoms. The van der Waals surface area contributed by atoms with Gasteiger partial charge in [0.05, 0.1) is 20.3 Å². The van der Waals surface area contributed by atoms with Gasteiger partial charge < -0.3 is 9.47 Å². The zero-order chi connectivity index (χ0) is 19.7. The number of carbonyl (C=O) groups excluding carboxylic acids is 1. The molecule has 3 heterocycles. The number of amides is 1. The highest BCUT2D eigenvalue weighted by Gasteiger charge is 2.39. The number of benzene rings is 1. The van der Waals surface area contributed by atoms with Crippen molar-refractivity contribution in [2.75, 3.05) is 19.1 Å². The summed E-state index contributed by atoms with van der Waals surface area (Å²) in [6.07, 6.45) is 5.58. The highest BCUT2D eigenvalue weighted by Crippen LogP contribution is 2.43. The van der Waals surface area contributed by atoms with E-state index in [0.717, 1.165) is 12.0 Å². The monoisotopic (exact) mass is 377 g/mol. The van der Waals surface area contributed by atoms with Gasteiger partial charge in [-0.3, -0.25) is 9.69 Å². The molecule has 2 aromatic heterocycles. The predicted octanol–water partition coefficient (Wildman–Crippen LogP) is 3.06. The van der Waals surface area contributed by atoms with Crippen molar-refractivity contribution >= 4 is 11.7 Å². The fourth-order valence-electron chi connectivity index (χ4n) is 3.44. The lowest BCUT2D eigenvalue weighted by Gasteiger charge is -2.23. The van der Waals surface area contributed by atoms with E-state index in [1.807, 2.05) is 13.0 Å². The molecule has 0 saturated carbocycles. The maximum absolute atomic E-state index is 13.2. The van der Waals surface area contributed by atoms with Gasteiger partial charge in [0.1, 0.15) is 5.82 Å². The Labute approximate surface area is 162 Å². The lowest BCUT2D eigenvalue weighted by molar-refractivity contribution is 0.0989. The Morgan fingerprint density at radius 1 is 1.00 bits per heavy atom. The second-order valence-electron chi connectivity index (χ2n) is 6.20. The molecule has 0 N–H and O–H groups in total. The normalized spacial score (nSPS) is 15.5. The number of hydrogen-bond donors (Lipinski definition) is 0. The van der Waals surface area contributed by atoms with Crippen LogP contribution in [-0.2, 0) is 0 Å². The van der Waals surface area contributed by atoms with E-state index in [1.165, 1.54) is 0 Å². The number of anilines is 1. The number of hydrogen-bond acceptors (Lipinski definition) is 7. The van der Waals surface area contributed by atoms with E-state index >= 15 is 0 Å². The average molecular weight is 377 g/mol. The van der Waals surface area contributed by atoms with Crippen LogP contribution < -0.4 is 14.4 Å². The molecule has 1 aromatic carbocycles. The van der Waals surface area contributed by atoms with E-state index in [9.17, 15) is 4.79 Å². The van der Waals surface area contributed by atoms with E-state index in [4.69, 9.17) is 9.47 Å². The quantitative estimate of drug-likeness (QED) is 0.675. The first kappa shape index (κ1) is 17.8. The van der Waals surface area contributed by atoms with Crippen molar-refractivity contribution in [1.82, 2.24) is 19.9 Å². The van der Waals surface area contributed by atoms with Gasteiger partial charge in [-0.1, -0.05) is 6.92 Å². The second-order valence-corrected chi connectivity index (χ2v) is 6.20. The third-order valence-corrected chi connectivity index (χ3v) is 4.72. The summed E-state index contributed by atoms with van der Waals surface area (Å²) in [5.74, 6) is 2.25. The fourth-order valence-corrected chi connectivity index (χ4v) is 3.44. The lowest BCUT2D eigenvalue weighted by atomic mass is 10.0. The number of methoxy groups -OCH3 is 2. The van der Waals surface area contributed by atoms with Crippen LogP contribution in [0.25, 0.3) is 11.6 Å². The number of carbonyl (C=O) groups is 1. The van der Waals surface area contributed by atoms with Gasteiger partial charge in [-0.2, -0.15) is 0 Å². The molecule has 8 nitrogen and oxygen atoms in total. The molecule has 0 fully saturated rings. The van der Waals surface area contributed by atoms with Gasteiger partial charge >= 0.3 is 0 Å². The first-order valence-electron chi connectivity index (χ1n) is 8.87. The van der Waals surface area contributed by atoms with Crippen molar-refractivity contribution in [2.45, 2.75) is 19.4 Å². The maximum Gasteiger partial charge on any atom is 0.260 e. The van der Waals surface area contributed by atoms with Crippen molar-refractivity contribution in [3.63, 3.8) is 0 Å². The van der Waals surface area contributed by atoms with Crippen LogP contribution in [0.2, 0.25) is 0 Å². The number of rotatable bonds is 5. The summed E-state index contributed by atoms with van der Waals surface area (Å²) in [5, 5.41) is 0. The number of fused-ring (bicyclic) bond motifs is 1. The van der Waals surface area contributed by atoms with Crippen molar-refractivity contribution in [1.29, 1.82) is 0 Å². The third-order valence-electron chi connectivity index (χ3n) is 4.72. The SMILES string of the molecule is CC[C@H]1c2cc(OC)c(OC)cc2C(=O)N1c1ccnc(-c2ncccn2)n1. The molecule has 142 valence electrons. The van der Waals surface area contributed by atoms with Crippen LogP contribution in [0.4, 0.5) is 5.82 Å². The molecule has 0 saturated heterocycles. The fraction of sp³-hybridized carbons (Fsp3) is 0.250. The van der Waals surface area contributed by atoms with E-state index in [2.05, 4.69) is 19.9 Å². The van der Waals surface area contributed by atoms with Crippen LogP contribution in [0, 0.1) is 0 Å². The second kappa shape index (κ2) is 7.22. The van der Waals surface area contributed by atoms with Gasteiger partial charge in [0, 0.05) is 24.2 Å². The van der Waals surface area contributed by atoms with Crippen LogP contribution >= 0.6 is 0 Å². The Bertz CT molecular complexity index is 1030. The lowest BCUT2D eigenvalue weighted by Crippen LogP contribution is -2.28. The summed E-state index contributed by atoms with van der Waals surface area (Å²) in [4.78, 5) is 32.1. The Balaban J connectivity index is 1.79. The Kier molecular flexibility index (Phi) is 4.60. The molecule has 0 radical (unpaired) electrons. The molecule has 4 rings (SSSR count). The summed E-state index contributed by atoms with van der Waals surface area (Å²) < 4.78 is 10.8. The Morgan fingerprint density at radius 3 is 2.36 bits per heavy atom. The van der Waals surface area contributed by atoms with E-state index < -0.39 is 0 Å². The number of aromatic nitrogens is 4. The molecule has 0 unspecified atom stereocenters. The molecule has 0 aliphatic carbocycles. The van der Waals surface area contributed by atoms with E-state index in [-0.39, 0.29) is 11.9 Å². The van der Waals surface area contributed by atoms with E-state index in [0.29, 0.717) is 34.5 Å². The standard InChI is InChI=1S/C20H19N5O3/c1-4-14-12-10-15(27-2)16(28-3)11-13(12)20(26)25(14)17-6-9-23-19(24-17)18-21-7-5-8-22-18/h5-11,14H,4H2,1-3H3/t14-/m0/s1. The Morgan fingerprint density at radius 2 is 1.68 bits per heavy atom. The molecule has 1 aliphatic heterocycles. The minimum atomic E-state index is -0.165. The average Bonchev–Trinajstić information content (AvgIpc) is 3.04. The van der Waals surface area contributed by atoms with Crippen LogP contribution in [0.15, 0.2) is 42.9 Å².